The molecule has 154 valence electrons. The van der Waals surface area contributed by atoms with Gasteiger partial charge in [-0.3, -0.25) is 4.98 Å². The third-order valence-electron chi connectivity index (χ3n) is 5.18. The van der Waals surface area contributed by atoms with E-state index in [9.17, 15) is 4.79 Å². The zero-order chi connectivity index (χ0) is 21.1. The Kier molecular flexibility index (Phi) is 5.81. The number of pyridine rings is 1. The summed E-state index contributed by atoms with van der Waals surface area (Å²) >= 11 is 5.62. The maximum atomic E-state index is 12.2. The van der Waals surface area contributed by atoms with Crippen molar-refractivity contribution in [3.63, 3.8) is 0 Å². The SMILES string of the molecule is CCCN1C(=S)N[C@H](c2ccccn2)[C@H]1c1ccc(-c2ccccc2C(=O)OC)o1. The number of nitrogens with one attached hydrogen (secondary N) is 1. The third-order valence-corrected chi connectivity index (χ3v) is 5.53. The molecule has 3 heterocycles. The predicted molar refractivity (Wildman–Crippen MR) is 118 cm³/mol. The van der Waals surface area contributed by atoms with Crippen LogP contribution in [0.25, 0.3) is 11.3 Å². The summed E-state index contributed by atoms with van der Waals surface area (Å²) in [4.78, 5) is 18.8. The summed E-state index contributed by atoms with van der Waals surface area (Å²) in [6, 6.07) is 16.7. The first-order valence-electron chi connectivity index (χ1n) is 9.89. The number of carbonyl (C=O) groups is 1. The van der Waals surface area contributed by atoms with Gasteiger partial charge < -0.3 is 19.4 Å². The molecule has 2 aromatic heterocycles. The minimum absolute atomic E-state index is 0.125. The number of nitrogens with zero attached hydrogens (tertiary/aromatic N) is 2. The topological polar surface area (TPSA) is 67.6 Å². The molecule has 6 nitrogen and oxygen atoms in total. The maximum absolute atomic E-state index is 12.2. The first-order chi connectivity index (χ1) is 14.6. The fraction of sp³-hybridized carbons (Fsp3) is 0.261. The summed E-state index contributed by atoms with van der Waals surface area (Å²) in [6.07, 6.45) is 2.73. The van der Waals surface area contributed by atoms with E-state index in [0.29, 0.717) is 22.0 Å². The number of benzene rings is 1. The summed E-state index contributed by atoms with van der Waals surface area (Å²) in [5, 5.41) is 4.09. The first-order valence-corrected chi connectivity index (χ1v) is 10.3. The molecule has 1 aliphatic rings. The number of carbonyl (C=O) groups excluding carboxylic acids is 1. The summed E-state index contributed by atoms with van der Waals surface area (Å²) in [7, 11) is 1.37. The average molecular weight is 422 g/mol. The molecule has 0 spiro atoms. The van der Waals surface area contributed by atoms with E-state index in [2.05, 4.69) is 22.1 Å². The Balaban J connectivity index is 1.74. The first kappa shape index (κ1) is 20.1. The second kappa shape index (κ2) is 8.67. The average Bonchev–Trinajstić information content (AvgIpc) is 3.39. The molecule has 1 aromatic carbocycles. The van der Waals surface area contributed by atoms with Gasteiger partial charge in [0.25, 0.3) is 0 Å². The van der Waals surface area contributed by atoms with Gasteiger partial charge in [-0.1, -0.05) is 31.2 Å². The largest absolute Gasteiger partial charge is 0.465 e. The van der Waals surface area contributed by atoms with E-state index in [0.717, 1.165) is 24.4 Å². The van der Waals surface area contributed by atoms with Gasteiger partial charge in [0.05, 0.1) is 24.4 Å². The van der Waals surface area contributed by atoms with Crippen LogP contribution < -0.4 is 5.32 Å². The highest BCUT2D eigenvalue weighted by Crippen LogP contribution is 2.40. The minimum atomic E-state index is -0.397. The van der Waals surface area contributed by atoms with Gasteiger partial charge in [0, 0.05) is 18.3 Å². The van der Waals surface area contributed by atoms with Crippen molar-refractivity contribution in [3.05, 3.63) is 77.8 Å². The molecule has 1 aliphatic heterocycles. The molecule has 1 saturated heterocycles. The number of methoxy groups -OCH3 is 1. The van der Waals surface area contributed by atoms with Gasteiger partial charge in [0.1, 0.15) is 17.6 Å². The highest BCUT2D eigenvalue weighted by molar-refractivity contribution is 7.80. The lowest BCUT2D eigenvalue weighted by Crippen LogP contribution is -2.30. The summed E-state index contributed by atoms with van der Waals surface area (Å²) in [5.74, 6) is 0.979. The Bertz CT molecular complexity index is 1050. The molecule has 0 bridgehead atoms. The molecule has 1 fully saturated rings. The summed E-state index contributed by atoms with van der Waals surface area (Å²) in [6.45, 7) is 2.92. The van der Waals surface area contributed by atoms with Crippen LogP contribution in [-0.2, 0) is 4.74 Å². The fourth-order valence-electron chi connectivity index (χ4n) is 3.84. The predicted octanol–water partition coefficient (Wildman–Crippen LogP) is 4.51. The van der Waals surface area contributed by atoms with Gasteiger partial charge in [-0.05, 0) is 49.0 Å². The second-order valence-electron chi connectivity index (χ2n) is 7.06. The number of aromatic nitrogens is 1. The lowest BCUT2D eigenvalue weighted by molar-refractivity contribution is 0.0601. The van der Waals surface area contributed by atoms with E-state index in [-0.39, 0.29) is 12.1 Å². The van der Waals surface area contributed by atoms with Gasteiger partial charge in [-0.25, -0.2) is 4.79 Å². The van der Waals surface area contributed by atoms with Crippen LogP contribution >= 0.6 is 12.2 Å². The van der Waals surface area contributed by atoms with Gasteiger partial charge in [0.2, 0.25) is 0 Å². The summed E-state index contributed by atoms with van der Waals surface area (Å²) in [5.41, 5.74) is 2.06. The normalized spacial score (nSPS) is 18.3. The second-order valence-corrected chi connectivity index (χ2v) is 7.45. The van der Waals surface area contributed by atoms with Crippen LogP contribution in [0.5, 0.6) is 0 Å². The van der Waals surface area contributed by atoms with Crippen molar-refractivity contribution in [2.45, 2.75) is 25.4 Å². The quantitative estimate of drug-likeness (QED) is 0.464. The Morgan fingerprint density at radius 3 is 2.73 bits per heavy atom. The molecule has 3 aromatic rings. The fourth-order valence-corrected chi connectivity index (χ4v) is 4.17. The summed E-state index contributed by atoms with van der Waals surface area (Å²) < 4.78 is 11.2. The lowest BCUT2D eigenvalue weighted by Gasteiger charge is -2.25. The van der Waals surface area contributed by atoms with Crippen LogP contribution in [0.2, 0.25) is 0 Å². The highest BCUT2D eigenvalue weighted by atomic mass is 32.1. The van der Waals surface area contributed by atoms with Crippen molar-refractivity contribution < 1.29 is 13.9 Å². The molecule has 0 aliphatic carbocycles. The molecular formula is C23H23N3O3S. The number of hydrogen-bond donors (Lipinski definition) is 1. The zero-order valence-electron chi connectivity index (χ0n) is 16.9. The van der Waals surface area contributed by atoms with Crippen molar-refractivity contribution in [1.29, 1.82) is 0 Å². The smallest absolute Gasteiger partial charge is 0.338 e. The van der Waals surface area contributed by atoms with Crippen LogP contribution in [0.3, 0.4) is 0 Å². The number of esters is 1. The van der Waals surface area contributed by atoms with Crippen LogP contribution in [-0.4, -0.2) is 34.6 Å². The van der Waals surface area contributed by atoms with Crippen molar-refractivity contribution in [2.24, 2.45) is 0 Å². The van der Waals surface area contributed by atoms with Crippen molar-refractivity contribution in [2.75, 3.05) is 13.7 Å². The Morgan fingerprint density at radius 1 is 1.20 bits per heavy atom. The van der Waals surface area contributed by atoms with E-state index in [4.69, 9.17) is 21.4 Å². The van der Waals surface area contributed by atoms with Crippen molar-refractivity contribution in [3.8, 4) is 11.3 Å². The number of furan rings is 1. The standard InChI is InChI=1S/C23H23N3O3S/c1-3-14-26-21(20(25-23(26)30)17-10-6-7-13-24-17)19-12-11-18(29-19)15-8-4-5-9-16(15)22(27)28-2/h4-13,20-21H,3,14H2,1-2H3,(H,25,30)/t20-,21-/m1/s1. The Morgan fingerprint density at radius 2 is 2.00 bits per heavy atom. The molecule has 7 heteroatoms. The lowest BCUT2D eigenvalue weighted by atomic mass is 10.0. The molecule has 2 atom stereocenters. The maximum Gasteiger partial charge on any atom is 0.338 e. The molecule has 0 radical (unpaired) electrons. The van der Waals surface area contributed by atoms with Crippen LogP contribution in [0.4, 0.5) is 0 Å². The van der Waals surface area contributed by atoms with Gasteiger partial charge in [-0.2, -0.15) is 0 Å². The van der Waals surface area contributed by atoms with E-state index < -0.39 is 5.97 Å². The molecule has 30 heavy (non-hydrogen) atoms. The zero-order valence-corrected chi connectivity index (χ0v) is 17.7. The number of thiocarbonyl (C=S) groups is 1. The molecule has 0 amide bonds. The van der Waals surface area contributed by atoms with E-state index in [1.807, 2.05) is 42.5 Å². The van der Waals surface area contributed by atoms with Crippen molar-refractivity contribution in [1.82, 2.24) is 15.2 Å². The van der Waals surface area contributed by atoms with Crippen LogP contribution in [0, 0.1) is 0 Å². The van der Waals surface area contributed by atoms with E-state index in [1.54, 1.807) is 18.3 Å². The molecule has 0 unspecified atom stereocenters. The van der Waals surface area contributed by atoms with Crippen molar-refractivity contribution >= 4 is 23.3 Å². The van der Waals surface area contributed by atoms with Crippen LogP contribution in [0.15, 0.2) is 65.2 Å². The highest BCUT2D eigenvalue weighted by Gasteiger charge is 2.41. The molecular weight excluding hydrogens is 398 g/mol. The number of ether oxygens (including phenoxy) is 1. The van der Waals surface area contributed by atoms with E-state index in [1.165, 1.54) is 7.11 Å². The Labute approximate surface area is 180 Å². The number of hydrogen-bond acceptors (Lipinski definition) is 5. The van der Waals surface area contributed by atoms with Gasteiger partial charge in [0.15, 0.2) is 5.11 Å². The van der Waals surface area contributed by atoms with Crippen LogP contribution in [0.1, 0.15) is 47.2 Å². The van der Waals surface area contributed by atoms with E-state index >= 15 is 0 Å². The minimum Gasteiger partial charge on any atom is -0.465 e. The molecule has 1 N–H and O–H groups in total. The monoisotopic (exact) mass is 421 g/mol. The molecule has 0 saturated carbocycles. The Hall–Kier alpha value is -3.19. The molecule has 4 rings (SSSR count). The van der Waals surface area contributed by atoms with Gasteiger partial charge >= 0.3 is 5.97 Å². The third kappa shape index (κ3) is 3.68. The number of rotatable bonds is 6. The van der Waals surface area contributed by atoms with Gasteiger partial charge in [-0.15, -0.1) is 0 Å².